The predicted octanol–water partition coefficient (Wildman–Crippen LogP) is 2.77. The molecule has 118 valence electrons. The van der Waals surface area contributed by atoms with Crippen molar-refractivity contribution < 1.29 is 13.5 Å². The Balaban J connectivity index is 2.15. The number of aliphatic hydroxyl groups excluding tert-OH is 1. The minimum absolute atomic E-state index is 0.0755. The van der Waals surface area contributed by atoms with Crippen LogP contribution in [0.5, 0.6) is 0 Å². The number of hydrogen-bond donors (Lipinski definition) is 1. The second-order valence-electron chi connectivity index (χ2n) is 6.72. The summed E-state index contributed by atoms with van der Waals surface area (Å²) in [5.41, 5.74) is 1.04. The molecule has 0 aliphatic heterocycles. The molecule has 0 aromatic heterocycles. The van der Waals surface area contributed by atoms with Gasteiger partial charge in [-0.25, -0.2) is 8.42 Å². The van der Waals surface area contributed by atoms with E-state index >= 15 is 0 Å². The molecule has 0 atom stereocenters. The predicted molar refractivity (Wildman–Crippen MR) is 83.4 cm³/mol. The second kappa shape index (κ2) is 6.07. The van der Waals surface area contributed by atoms with Crippen LogP contribution in [0.4, 0.5) is 0 Å². The number of nitrogens with zero attached hydrogens (tertiary/aromatic N) is 1. The lowest BCUT2D eigenvalue weighted by molar-refractivity contribution is 0.174. The maximum absolute atomic E-state index is 12.7. The van der Waals surface area contributed by atoms with E-state index in [0.717, 1.165) is 31.2 Å². The SMILES string of the molecule is CN(C1CCC(C)(C)CC1)S(=O)(=O)c1ccc(CO)cc1. The van der Waals surface area contributed by atoms with Crippen LogP contribution >= 0.6 is 0 Å². The topological polar surface area (TPSA) is 57.6 Å². The Morgan fingerprint density at radius 1 is 1.19 bits per heavy atom. The fraction of sp³-hybridized carbons (Fsp3) is 0.625. The third-order valence-electron chi connectivity index (χ3n) is 4.61. The molecule has 0 unspecified atom stereocenters. The van der Waals surface area contributed by atoms with E-state index in [0.29, 0.717) is 10.3 Å². The molecular weight excluding hydrogens is 286 g/mol. The first-order chi connectivity index (χ1) is 9.76. The van der Waals surface area contributed by atoms with Crippen LogP contribution in [0, 0.1) is 5.41 Å². The van der Waals surface area contributed by atoms with Crippen molar-refractivity contribution in [1.82, 2.24) is 4.31 Å². The van der Waals surface area contributed by atoms with Gasteiger partial charge in [0.05, 0.1) is 11.5 Å². The Morgan fingerprint density at radius 3 is 2.19 bits per heavy atom. The lowest BCUT2D eigenvalue weighted by Gasteiger charge is -2.38. The van der Waals surface area contributed by atoms with Crippen molar-refractivity contribution in [2.75, 3.05) is 7.05 Å². The van der Waals surface area contributed by atoms with Crippen molar-refractivity contribution in [2.45, 2.75) is 57.1 Å². The summed E-state index contributed by atoms with van der Waals surface area (Å²) in [5, 5.41) is 9.03. The zero-order valence-corrected chi connectivity index (χ0v) is 13.9. The quantitative estimate of drug-likeness (QED) is 0.930. The zero-order chi connectivity index (χ0) is 15.7. The first kappa shape index (κ1) is 16.5. The van der Waals surface area contributed by atoms with E-state index in [1.54, 1.807) is 31.3 Å². The Kier molecular flexibility index (Phi) is 4.76. The highest BCUT2D eigenvalue weighted by molar-refractivity contribution is 7.89. The minimum atomic E-state index is -3.45. The molecule has 1 aromatic carbocycles. The monoisotopic (exact) mass is 311 g/mol. The smallest absolute Gasteiger partial charge is 0.243 e. The number of aliphatic hydroxyl groups is 1. The lowest BCUT2D eigenvalue weighted by atomic mass is 9.76. The molecule has 0 bridgehead atoms. The van der Waals surface area contributed by atoms with Gasteiger partial charge in [-0.3, -0.25) is 0 Å². The van der Waals surface area contributed by atoms with Gasteiger partial charge in [0.2, 0.25) is 10.0 Å². The van der Waals surface area contributed by atoms with Gasteiger partial charge in [-0.15, -0.1) is 0 Å². The van der Waals surface area contributed by atoms with Crippen molar-refractivity contribution in [3.8, 4) is 0 Å². The van der Waals surface area contributed by atoms with Crippen molar-refractivity contribution in [1.29, 1.82) is 0 Å². The third-order valence-corrected chi connectivity index (χ3v) is 6.53. The average molecular weight is 311 g/mol. The van der Waals surface area contributed by atoms with Gasteiger partial charge in [0.25, 0.3) is 0 Å². The molecule has 21 heavy (non-hydrogen) atoms. The summed E-state index contributed by atoms with van der Waals surface area (Å²) in [6.07, 6.45) is 3.94. The minimum Gasteiger partial charge on any atom is -0.392 e. The number of rotatable bonds is 4. The summed E-state index contributed by atoms with van der Waals surface area (Å²) >= 11 is 0. The van der Waals surface area contributed by atoms with Gasteiger partial charge in [-0.1, -0.05) is 26.0 Å². The average Bonchev–Trinajstić information content (AvgIpc) is 2.46. The Hall–Kier alpha value is -0.910. The highest BCUT2D eigenvalue weighted by Gasteiger charge is 2.33. The number of benzene rings is 1. The van der Waals surface area contributed by atoms with E-state index in [2.05, 4.69) is 13.8 Å². The van der Waals surface area contributed by atoms with E-state index < -0.39 is 10.0 Å². The molecule has 1 N–H and O–H groups in total. The molecule has 1 aliphatic rings. The van der Waals surface area contributed by atoms with Gasteiger partial charge in [-0.05, 0) is 48.8 Å². The first-order valence-electron chi connectivity index (χ1n) is 7.44. The van der Waals surface area contributed by atoms with E-state index in [9.17, 15) is 8.42 Å². The van der Waals surface area contributed by atoms with Crippen LogP contribution in [0.3, 0.4) is 0 Å². The number of hydrogen-bond acceptors (Lipinski definition) is 3. The molecular formula is C16H25NO3S. The Morgan fingerprint density at radius 2 is 1.71 bits per heavy atom. The molecule has 0 radical (unpaired) electrons. The summed E-state index contributed by atoms with van der Waals surface area (Å²) in [6.45, 7) is 4.41. The third kappa shape index (κ3) is 3.65. The molecule has 1 fully saturated rings. The van der Waals surface area contributed by atoms with Crippen LogP contribution in [-0.4, -0.2) is 30.9 Å². The maximum Gasteiger partial charge on any atom is 0.243 e. The maximum atomic E-state index is 12.7. The van der Waals surface area contributed by atoms with E-state index in [4.69, 9.17) is 5.11 Å². The van der Waals surface area contributed by atoms with E-state index in [1.165, 1.54) is 4.31 Å². The lowest BCUT2D eigenvalue weighted by Crippen LogP contribution is -2.40. The van der Waals surface area contributed by atoms with Crippen LogP contribution < -0.4 is 0 Å². The zero-order valence-electron chi connectivity index (χ0n) is 13.0. The molecule has 0 amide bonds. The molecule has 4 nitrogen and oxygen atoms in total. The van der Waals surface area contributed by atoms with Crippen LogP contribution in [0.2, 0.25) is 0 Å². The van der Waals surface area contributed by atoms with Crippen molar-refractivity contribution in [3.63, 3.8) is 0 Å². The fourth-order valence-electron chi connectivity index (χ4n) is 2.88. The van der Waals surface area contributed by atoms with Gasteiger partial charge < -0.3 is 5.11 Å². The first-order valence-corrected chi connectivity index (χ1v) is 8.88. The van der Waals surface area contributed by atoms with E-state index in [1.807, 2.05) is 0 Å². The van der Waals surface area contributed by atoms with Crippen LogP contribution in [-0.2, 0) is 16.6 Å². The van der Waals surface area contributed by atoms with E-state index in [-0.39, 0.29) is 12.6 Å². The molecule has 5 heteroatoms. The standard InChI is InChI=1S/C16H25NO3S/c1-16(2)10-8-14(9-11-16)17(3)21(19,20)15-6-4-13(12-18)5-7-15/h4-7,14,18H,8-12H2,1-3H3. The van der Waals surface area contributed by atoms with Crippen molar-refractivity contribution in [2.24, 2.45) is 5.41 Å². The van der Waals surface area contributed by atoms with Gasteiger partial charge in [-0.2, -0.15) is 4.31 Å². The van der Waals surface area contributed by atoms with Gasteiger partial charge in [0.15, 0.2) is 0 Å². The van der Waals surface area contributed by atoms with Gasteiger partial charge >= 0.3 is 0 Å². The summed E-state index contributed by atoms with van der Waals surface area (Å²) in [5.74, 6) is 0. The highest BCUT2D eigenvalue weighted by atomic mass is 32.2. The highest BCUT2D eigenvalue weighted by Crippen LogP contribution is 2.37. The molecule has 2 rings (SSSR count). The molecule has 1 aromatic rings. The summed E-state index contributed by atoms with van der Waals surface area (Å²) in [4.78, 5) is 0.298. The summed E-state index contributed by atoms with van der Waals surface area (Å²) in [7, 11) is -1.77. The van der Waals surface area contributed by atoms with Crippen LogP contribution in [0.15, 0.2) is 29.2 Å². The Bertz CT molecular complexity index is 568. The second-order valence-corrected chi connectivity index (χ2v) is 8.72. The molecule has 1 saturated carbocycles. The molecule has 0 saturated heterocycles. The fourth-order valence-corrected chi connectivity index (χ4v) is 4.29. The largest absolute Gasteiger partial charge is 0.392 e. The molecule has 1 aliphatic carbocycles. The summed E-state index contributed by atoms with van der Waals surface area (Å²) < 4.78 is 26.8. The van der Waals surface area contributed by atoms with Crippen molar-refractivity contribution >= 4 is 10.0 Å². The van der Waals surface area contributed by atoms with Crippen LogP contribution in [0.25, 0.3) is 0 Å². The normalized spacial score (nSPS) is 19.9. The molecule has 0 spiro atoms. The number of sulfonamides is 1. The van der Waals surface area contributed by atoms with Gasteiger partial charge in [0, 0.05) is 13.1 Å². The van der Waals surface area contributed by atoms with Crippen LogP contribution in [0.1, 0.15) is 45.1 Å². The molecule has 0 heterocycles. The van der Waals surface area contributed by atoms with Crippen molar-refractivity contribution in [3.05, 3.63) is 29.8 Å². The van der Waals surface area contributed by atoms with Gasteiger partial charge in [0.1, 0.15) is 0 Å². The summed E-state index contributed by atoms with van der Waals surface area (Å²) in [6, 6.07) is 6.55. The Labute approximate surface area is 127 Å².